The number of fused-ring (bicyclic) bond motifs is 15. The molecule has 9 fully saturated rings. The topological polar surface area (TPSA) is 756 Å². The van der Waals surface area contributed by atoms with Gasteiger partial charge in [-0.25, -0.2) is 60.8 Å². The number of terminal acetylenes is 1. The van der Waals surface area contributed by atoms with Gasteiger partial charge in [-0.1, -0.05) is 39.0 Å². The van der Waals surface area contributed by atoms with Crippen LogP contribution < -0.4 is 51.1 Å². The summed E-state index contributed by atoms with van der Waals surface area (Å²) in [5.41, 5.74) is 32.4. The first-order valence-corrected chi connectivity index (χ1v) is 56.5. The van der Waals surface area contributed by atoms with Gasteiger partial charge in [-0.2, -0.15) is 24.3 Å². The highest BCUT2D eigenvalue weighted by Gasteiger charge is 2.60. The molecule has 136 heavy (non-hydrogen) atoms. The smallest absolute Gasteiger partial charge is 0.386 e. The molecule has 6 unspecified atom stereocenters. The minimum absolute atomic E-state index is 0.0520. The second-order valence-corrected chi connectivity index (χ2v) is 50.0. The molecule has 0 aliphatic carbocycles. The van der Waals surface area contributed by atoms with E-state index in [1.54, 1.807) is 10.6 Å². The number of aromatic amines is 3. The van der Waals surface area contributed by atoms with Crippen LogP contribution in [0.25, 0.3) is 67.0 Å². The molecule has 9 aliphatic heterocycles. The van der Waals surface area contributed by atoms with Crippen molar-refractivity contribution in [3.8, 4) is 12.3 Å². The van der Waals surface area contributed by atoms with Gasteiger partial charge >= 0.3 is 40.4 Å². The maximum atomic E-state index is 16.0. The van der Waals surface area contributed by atoms with Crippen LogP contribution in [0.15, 0.2) is 63.8 Å². The zero-order chi connectivity index (χ0) is 96.3. The Morgan fingerprint density at radius 3 is 1.35 bits per heavy atom. The van der Waals surface area contributed by atoms with E-state index in [0.29, 0.717) is 28.1 Å². The summed E-state index contributed by atoms with van der Waals surface area (Å²) in [7, 11) is 0. The quantitative estimate of drug-likeness (QED) is 0.0482. The highest BCUT2D eigenvalue weighted by atomic mass is 32.7. The molecular formula is C61H66F5N31O25P6S8. The summed E-state index contributed by atoms with van der Waals surface area (Å²) in [6.07, 6.45) is -16.0. The van der Waals surface area contributed by atoms with Crippen LogP contribution >= 0.6 is 76.2 Å². The minimum atomic E-state index is -4.39. The standard InChI is InChI=1S/C22H23FN10O9P2S2.C20H22F2N10O8P2S3.C19H21F2N11O8P2S3/c1-2-22-7-38-44(36,46)42-16-13(23)10(39-20(16)33-18-15(30-31-33)19(34)29-21(25)28-18)6-37-43(35,45)41-11(22)5-12(40-22)32-8-27-14-9(24)3-4-26-17(14)32;21-9-8-4-37-42(35,44)39-13-7(38-18(10(13)22)31-5-26-11-6(23)1-2-25-15(11)31)3-36-41(34,43)40-14(9)19(45-8)32-16-12(29-30-32)17(33)28-20(24)27-16;20-8-7-4-37-42(35,44)39-12-6(38-17(9(12)21)31-14-10(27-29-31)5(22)1-2-24-14)3-36-41(34,43)40-13(8)18(45-7)32-15-11(28-30-32)16(33)26-19(23)25-15/h1,3-4,8,10-13,16,20H,5-7H2,(H2,24,26)(H,35,45)(H,36,46)(H3,25,28,29,34);1-2,5,7-10,13-14,18-19H,3-4H2,(H2,23,25)(H,34,43)(H,35,44)(H3,24,27,28,33);1-2,6-9,12-13,17-18H,3-4H2,(H2,22,24)(H,34,43)(H,35,44)(H3,23,25,26,33)/t10-,11+,12-,13+,16-,20-,22-,43?,44?;7-,8-,9-,10+,13-,14-,18-,19-,41?,42?;6-,7-,8-,9+,12-,13-,17-,18-,41?,42?/m111/s1. The van der Waals surface area contributed by atoms with Crippen molar-refractivity contribution in [3.05, 3.63) is 80.5 Å². The first-order valence-electron chi connectivity index (χ1n) is 38.9. The molecule has 728 valence electrons. The van der Waals surface area contributed by atoms with Crippen LogP contribution in [-0.4, -0.2) is 290 Å². The fourth-order valence-corrected chi connectivity index (χ4v) is 27.5. The number of nitrogens with two attached hydrogens (primary N) is 6. The van der Waals surface area contributed by atoms with E-state index in [1.165, 1.54) is 47.9 Å². The number of hydrogen-bond donors (Lipinski definition) is 15. The fourth-order valence-electron chi connectivity index (χ4n) is 15.6. The lowest BCUT2D eigenvalue weighted by molar-refractivity contribution is -0.0891. The van der Waals surface area contributed by atoms with Crippen molar-refractivity contribution in [2.45, 2.75) is 144 Å². The highest BCUT2D eigenvalue weighted by Crippen LogP contribution is 2.63. The number of ether oxygens (including phenoxy) is 4. The van der Waals surface area contributed by atoms with Gasteiger partial charge in [0.25, 0.3) is 16.7 Å². The monoisotopic (exact) mass is 2170 g/mol. The molecule has 9 saturated heterocycles. The van der Waals surface area contributed by atoms with E-state index in [4.69, 9.17) is 173 Å². The van der Waals surface area contributed by atoms with E-state index < -0.39 is 234 Å². The number of rotatable bonds is 6. The Balaban J connectivity index is 0.000000131. The van der Waals surface area contributed by atoms with Crippen LogP contribution in [-0.2, 0) is 137 Å². The van der Waals surface area contributed by atoms with Gasteiger partial charge in [0.05, 0.1) is 79.9 Å². The van der Waals surface area contributed by atoms with Gasteiger partial charge in [0.2, 0.25) is 17.8 Å². The molecule has 12 aromatic rings. The van der Waals surface area contributed by atoms with E-state index in [0.717, 1.165) is 42.3 Å². The van der Waals surface area contributed by atoms with Gasteiger partial charge in [0, 0.05) is 25.0 Å². The number of alkyl halides is 5. The summed E-state index contributed by atoms with van der Waals surface area (Å²) in [6, 6.07) is 4.59. The summed E-state index contributed by atoms with van der Waals surface area (Å²) in [5.74, 6) is 1.66. The number of H-pyrrole nitrogens is 3. The fraction of sp³-hybridized carbons (Fsp3) is 0.492. The van der Waals surface area contributed by atoms with E-state index >= 15 is 22.0 Å². The lowest BCUT2D eigenvalue weighted by atomic mass is 9.99. The molecule has 6 bridgehead atoms. The second-order valence-electron chi connectivity index (χ2n) is 30.4. The first kappa shape index (κ1) is 97.2. The van der Waals surface area contributed by atoms with Gasteiger partial charge in [-0.05, 0) is 77.2 Å². The number of nitrogens with one attached hydrogen (secondary N) is 3. The first-order chi connectivity index (χ1) is 64.4. The number of nitrogen functional groups attached to an aromatic ring is 6. The lowest BCUT2D eigenvalue weighted by Crippen LogP contribution is -2.43. The van der Waals surface area contributed by atoms with Crippen molar-refractivity contribution >= 4 is 237 Å². The number of anilines is 6. The van der Waals surface area contributed by atoms with Gasteiger partial charge in [-0.15, -0.1) is 50.3 Å². The highest BCUT2D eigenvalue weighted by molar-refractivity contribution is 8.44. The maximum absolute atomic E-state index is 16.0. The Morgan fingerprint density at radius 2 is 0.846 bits per heavy atom. The average molecular weight is 2170 g/mol. The Bertz CT molecular complexity index is 7020. The molecule has 9 aliphatic rings. The lowest BCUT2D eigenvalue weighted by Gasteiger charge is -2.32. The molecule has 21 rings (SSSR count). The summed E-state index contributed by atoms with van der Waals surface area (Å²) in [4.78, 5) is 132. The molecule has 21 heterocycles. The SMILES string of the molecule is C#C[C@@]12COP(O)(=S)O[C@@H]3[C@@H](F)[C@@H](COP(=O)(S)O[C@H]1C[C@H](n1cnc4c(N)ccnc41)O2)O[C@H]3n1nnc2c(=O)[nH]c(N)nc21.Nc1nc2c(nnn2[C@@H]2S[C@@H]3COP(O)(=S)O[C@H]4[C@H](F)[C@H](n5cnc6c(N)ccnc65)O[C@@H]4COP(O)(=S)O[C@@H]2[C@@H]3F)c(=O)[nH]1.Nc1nc2c(nnn2[C@@H]2S[C@@H]3COP(O)(=S)O[C@H]4[C@H](F)[C@H](n5nnc6c(N)ccnc65)O[C@@H]4COP(O)(=S)O[C@@H]2[C@@H]3F)c(=O)[nH]1. The van der Waals surface area contributed by atoms with Crippen LogP contribution in [0, 0.1) is 12.3 Å². The number of thioether (sulfide) groups is 2. The Labute approximate surface area is 791 Å². The number of hydrogen-bond acceptors (Lipinski definition) is 49. The largest absolute Gasteiger partial charge is 0.397 e. The van der Waals surface area contributed by atoms with Crippen LogP contribution in [0.4, 0.5) is 56.9 Å². The van der Waals surface area contributed by atoms with E-state index in [2.05, 4.69) is 114 Å². The van der Waals surface area contributed by atoms with Crippen molar-refractivity contribution in [1.29, 1.82) is 0 Å². The van der Waals surface area contributed by atoms with Gasteiger partial charge in [0.15, 0.2) is 98.7 Å². The molecule has 0 radical (unpaired) electrons. The van der Waals surface area contributed by atoms with Gasteiger partial charge < -0.3 is 100 Å². The molecule has 0 saturated carbocycles. The van der Waals surface area contributed by atoms with Crippen molar-refractivity contribution in [2.75, 3.05) is 74.0 Å². The zero-order valence-electron chi connectivity index (χ0n) is 67.4. The molecule has 0 amide bonds. The summed E-state index contributed by atoms with van der Waals surface area (Å²) in [6.45, 7) is -29.6. The Kier molecular flexibility index (Phi) is 26.4. The normalized spacial score (nSPS) is 37.4. The van der Waals surface area contributed by atoms with E-state index in [9.17, 15) is 43.4 Å². The molecule has 20 N–H and O–H groups in total. The molecule has 29 atom stereocenters. The van der Waals surface area contributed by atoms with Crippen molar-refractivity contribution in [1.82, 2.24) is 124 Å². The maximum Gasteiger partial charge on any atom is 0.386 e. The van der Waals surface area contributed by atoms with E-state index in [-0.39, 0.29) is 80.3 Å². The van der Waals surface area contributed by atoms with Crippen molar-refractivity contribution in [2.24, 2.45) is 0 Å². The number of pyridine rings is 3. The second kappa shape index (κ2) is 37.0. The van der Waals surface area contributed by atoms with Crippen LogP contribution in [0.2, 0.25) is 0 Å². The van der Waals surface area contributed by atoms with Crippen LogP contribution in [0.1, 0.15) is 42.1 Å². The minimum Gasteiger partial charge on any atom is -0.397 e. The average Bonchev–Trinajstić information content (AvgIpc) is 1.60. The number of aromatic nitrogens is 25. The predicted molar refractivity (Wildman–Crippen MR) is 482 cm³/mol. The van der Waals surface area contributed by atoms with E-state index in [1.807, 2.05) is 0 Å². The van der Waals surface area contributed by atoms with Gasteiger partial charge in [-0.3, -0.25) is 70.1 Å². The zero-order valence-corrected chi connectivity index (χ0v) is 79.4. The molecule has 0 aromatic carbocycles. The predicted octanol–water partition coefficient (Wildman–Crippen LogP) is 1.24. The third kappa shape index (κ3) is 18.7. The molecule has 75 heteroatoms. The Hall–Kier alpha value is -7.67. The molecule has 56 nitrogen and oxygen atoms in total. The summed E-state index contributed by atoms with van der Waals surface area (Å²) >= 11 is 31.8. The number of imidazole rings is 2. The van der Waals surface area contributed by atoms with Crippen LogP contribution in [0.3, 0.4) is 0 Å². The summed E-state index contributed by atoms with van der Waals surface area (Å²) < 4.78 is 191. The van der Waals surface area contributed by atoms with Gasteiger partial charge in [0.1, 0.15) is 95.3 Å². The molecular weight excluding hydrogens is 2100 g/mol. The van der Waals surface area contributed by atoms with Crippen molar-refractivity contribution < 1.29 is 124 Å². The third-order valence-corrected chi connectivity index (χ3v) is 34.2. The number of thiol groups is 1. The Morgan fingerprint density at radius 1 is 0.456 bits per heavy atom. The molecule has 12 aromatic heterocycles. The summed E-state index contributed by atoms with van der Waals surface area (Å²) in [5, 5.41) is 26.4. The number of nitrogens with zero attached hydrogens (tertiary/aromatic N) is 22. The van der Waals surface area contributed by atoms with Crippen molar-refractivity contribution in [3.63, 3.8) is 0 Å². The van der Waals surface area contributed by atoms with Crippen LogP contribution in [0.5, 0.6) is 0 Å². The number of halogens is 5. The molecule has 0 spiro atoms. The third-order valence-electron chi connectivity index (χ3n) is 21.8.